The van der Waals surface area contributed by atoms with Gasteiger partial charge in [-0.3, -0.25) is 0 Å². The summed E-state index contributed by atoms with van der Waals surface area (Å²) in [4.78, 5) is 5.15. The van der Waals surface area contributed by atoms with Gasteiger partial charge in [-0.15, -0.1) is 0 Å². The van der Waals surface area contributed by atoms with Gasteiger partial charge < -0.3 is 14.9 Å². The van der Waals surface area contributed by atoms with Crippen LogP contribution in [-0.2, 0) is 0 Å². The third kappa shape index (κ3) is 7.02. The molecule has 0 aromatic carbocycles. The molecule has 3 nitrogen and oxygen atoms in total. The van der Waals surface area contributed by atoms with Gasteiger partial charge >= 0.3 is 0 Å². The number of hydrogen-bond donors (Lipinski definition) is 1. The van der Waals surface area contributed by atoms with Gasteiger partial charge in [0.05, 0.1) is 6.10 Å². The van der Waals surface area contributed by atoms with E-state index < -0.39 is 0 Å². The molecule has 102 valence electrons. The third-order valence-corrected chi connectivity index (χ3v) is 3.43. The first kappa shape index (κ1) is 14.9. The van der Waals surface area contributed by atoms with Crippen molar-refractivity contribution in [1.29, 1.82) is 0 Å². The van der Waals surface area contributed by atoms with E-state index in [-0.39, 0.29) is 6.10 Å². The van der Waals surface area contributed by atoms with Crippen molar-refractivity contribution in [3.05, 3.63) is 0 Å². The first-order chi connectivity index (χ1) is 8.08. The van der Waals surface area contributed by atoms with Crippen LogP contribution in [0, 0.1) is 5.92 Å². The summed E-state index contributed by atoms with van der Waals surface area (Å²) < 4.78 is 0. The summed E-state index contributed by atoms with van der Waals surface area (Å²) in [6.07, 6.45) is 3.21. The Hall–Kier alpha value is -0.120. The quantitative estimate of drug-likeness (QED) is 0.690. The van der Waals surface area contributed by atoms with E-state index in [1.807, 2.05) is 6.92 Å². The molecule has 0 amide bonds. The Balaban J connectivity index is 2.03. The van der Waals surface area contributed by atoms with Crippen LogP contribution < -0.4 is 0 Å². The summed E-state index contributed by atoms with van der Waals surface area (Å²) in [5, 5.41) is 9.19. The molecule has 17 heavy (non-hydrogen) atoms. The second kappa shape index (κ2) is 8.06. The molecule has 0 aromatic rings. The van der Waals surface area contributed by atoms with Crippen LogP contribution in [0.5, 0.6) is 0 Å². The Bertz CT molecular complexity index is 184. The molecule has 1 unspecified atom stereocenters. The molecule has 1 heterocycles. The van der Waals surface area contributed by atoms with Gasteiger partial charge in [-0.05, 0) is 38.6 Å². The Labute approximate surface area is 107 Å². The molecule has 0 spiro atoms. The molecule has 0 aliphatic carbocycles. The minimum Gasteiger partial charge on any atom is -0.393 e. The topological polar surface area (TPSA) is 26.7 Å². The van der Waals surface area contributed by atoms with Crippen LogP contribution in [-0.4, -0.2) is 60.3 Å². The number of hydrogen-bond acceptors (Lipinski definition) is 3. The molecular formula is C14H30N2O. The van der Waals surface area contributed by atoms with E-state index in [4.69, 9.17) is 0 Å². The van der Waals surface area contributed by atoms with Crippen LogP contribution in [0.3, 0.4) is 0 Å². The first-order valence-corrected chi connectivity index (χ1v) is 7.20. The zero-order valence-electron chi connectivity index (χ0n) is 11.9. The van der Waals surface area contributed by atoms with Crippen molar-refractivity contribution >= 4 is 0 Å². The molecular weight excluding hydrogens is 212 g/mol. The molecule has 3 heteroatoms. The standard InChI is InChI=1S/C14H30N2O/c1-13(2)12-16-10-8-15(9-11-16)7-5-4-6-14(3)17/h13-14,17H,4-12H2,1-3H3. The van der Waals surface area contributed by atoms with Gasteiger partial charge in [0.2, 0.25) is 0 Å². The summed E-state index contributed by atoms with van der Waals surface area (Å²) in [6, 6.07) is 0. The lowest BCUT2D eigenvalue weighted by Crippen LogP contribution is -2.47. The van der Waals surface area contributed by atoms with Crippen LogP contribution in [0.1, 0.15) is 40.0 Å². The molecule has 0 saturated carbocycles. The van der Waals surface area contributed by atoms with Crippen LogP contribution in [0.2, 0.25) is 0 Å². The highest BCUT2D eigenvalue weighted by molar-refractivity contribution is 4.72. The molecule has 1 N–H and O–H groups in total. The number of piperazine rings is 1. The van der Waals surface area contributed by atoms with Crippen molar-refractivity contribution in [3.8, 4) is 0 Å². The van der Waals surface area contributed by atoms with E-state index in [1.165, 1.54) is 45.7 Å². The maximum atomic E-state index is 9.19. The van der Waals surface area contributed by atoms with Gasteiger partial charge in [-0.25, -0.2) is 0 Å². The summed E-state index contributed by atoms with van der Waals surface area (Å²) in [7, 11) is 0. The zero-order valence-corrected chi connectivity index (χ0v) is 11.9. The number of unbranched alkanes of at least 4 members (excludes halogenated alkanes) is 1. The lowest BCUT2D eigenvalue weighted by atomic mass is 10.1. The van der Waals surface area contributed by atoms with Gasteiger partial charge in [0.15, 0.2) is 0 Å². The molecule has 1 aliphatic heterocycles. The fourth-order valence-corrected chi connectivity index (χ4v) is 2.49. The Morgan fingerprint density at radius 1 is 0.941 bits per heavy atom. The second-order valence-corrected chi connectivity index (χ2v) is 5.88. The average Bonchev–Trinajstić information content (AvgIpc) is 2.25. The predicted molar refractivity (Wildman–Crippen MR) is 73.2 cm³/mol. The Kier molecular flexibility index (Phi) is 7.09. The van der Waals surface area contributed by atoms with Gasteiger partial charge in [-0.2, -0.15) is 0 Å². The van der Waals surface area contributed by atoms with E-state index in [9.17, 15) is 5.11 Å². The van der Waals surface area contributed by atoms with Crippen LogP contribution >= 0.6 is 0 Å². The van der Waals surface area contributed by atoms with Gasteiger partial charge in [0, 0.05) is 32.7 Å². The minimum atomic E-state index is -0.127. The van der Waals surface area contributed by atoms with E-state index in [1.54, 1.807) is 0 Å². The molecule has 0 bridgehead atoms. The van der Waals surface area contributed by atoms with Gasteiger partial charge in [0.25, 0.3) is 0 Å². The molecule has 0 radical (unpaired) electrons. The molecule has 1 fully saturated rings. The minimum absolute atomic E-state index is 0.127. The fourth-order valence-electron chi connectivity index (χ4n) is 2.49. The van der Waals surface area contributed by atoms with E-state index in [0.29, 0.717) is 0 Å². The number of aliphatic hydroxyl groups is 1. The normalized spacial score (nSPS) is 21.0. The predicted octanol–water partition coefficient (Wildman–Crippen LogP) is 1.81. The summed E-state index contributed by atoms with van der Waals surface area (Å²) in [5.41, 5.74) is 0. The van der Waals surface area contributed by atoms with Crippen molar-refractivity contribution in [2.45, 2.75) is 46.1 Å². The molecule has 1 aliphatic rings. The molecule has 1 rings (SSSR count). The monoisotopic (exact) mass is 242 g/mol. The highest BCUT2D eigenvalue weighted by Gasteiger charge is 2.16. The SMILES string of the molecule is CC(C)CN1CCN(CCCCC(C)O)CC1. The smallest absolute Gasteiger partial charge is 0.0512 e. The van der Waals surface area contributed by atoms with Crippen molar-refractivity contribution in [1.82, 2.24) is 9.80 Å². The van der Waals surface area contributed by atoms with E-state index in [0.717, 1.165) is 18.8 Å². The van der Waals surface area contributed by atoms with Crippen molar-refractivity contribution < 1.29 is 5.11 Å². The molecule has 1 saturated heterocycles. The maximum absolute atomic E-state index is 9.19. The maximum Gasteiger partial charge on any atom is 0.0512 e. The largest absolute Gasteiger partial charge is 0.393 e. The third-order valence-electron chi connectivity index (χ3n) is 3.43. The lowest BCUT2D eigenvalue weighted by Gasteiger charge is -2.35. The fraction of sp³-hybridized carbons (Fsp3) is 1.00. The Morgan fingerprint density at radius 3 is 2.06 bits per heavy atom. The second-order valence-electron chi connectivity index (χ2n) is 5.88. The van der Waals surface area contributed by atoms with Crippen molar-refractivity contribution in [2.75, 3.05) is 39.3 Å². The molecule has 1 atom stereocenters. The van der Waals surface area contributed by atoms with E-state index in [2.05, 4.69) is 23.6 Å². The molecule has 0 aromatic heterocycles. The number of aliphatic hydroxyl groups excluding tert-OH is 1. The van der Waals surface area contributed by atoms with Crippen molar-refractivity contribution in [2.24, 2.45) is 5.92 Å². The van der Waals surface area contributed by atoms with Crippen LogP contribution in [0.25, 0.3) is 0 Å². The van der Waals surface area contributed by atoms with Gasteiger partial charge in [0.1, 0.15) is 0 Å². The average molecular weight is 242 g/mol. The van der Waals surface area contributed by atoms with Crippen LogP contribution in [0.15, 0.2) is 0 Å². The van der Waals surface area contributed by atoms with Crippen molar-refractivity contribution in [3.63, 3.8) is 0 Å². The summed E-state index contributed by atoms with van der Waals surface area (Å²) in [5.74, 6) is 0.785. The Morgan fingerprint density at radius 2 is 1.53 bits per heavy atom. The highest BCUT2D eigenvalue weighted by atomic mass is 16.3. The number of rotatable bonds is 7. The highest BCUT2D eigenvalue weighted by Crippen LogP contribution is 2.07. The first-order valence-electron chi connectivity index (χ1n) is 7.20. The van der Waals surface area contributed by atoms with E-state index >= 15 is 0 Å². The summed E-state index contributed by atoms with van der Waals surface area (Å²) >= 11 is 0. The summed E-state index contributed by atoms with van der Waals surface area (Å²) in [6.45, 7) is 13.8. The van der Waals surface area contributed by atoms with Gasteiger partial charge in [-0.1, -0.05) is 13.8 Å². The zero-order chi connectivity index (χ0) is 12.7. The lowest BCUT2D eigenvalue weighted by molar-refractivity contribution is 0.118. The number of nitrogens with zero attached hydrogens (tertiary/aromatic N) is 2. The van der Waals surface area contributed by atoms with Crippen LogP contribution in [0.4, 0.5) is 0 Å².